The van der Waals surface area contributed by atoms with Crippen molar-refractivity contribution in [3.8, 4) is 0 Å². The number of methoxy groups -OCH3 is 1. The molecule has 3 fully saturated rings. The van der Waals surface area contributed by atoms with Crippen molar-refractivity contribution in [1.29, 1.82) is 0 Å². The van der Waals surface area contributed by atoms with Gasteiger partial charge in [-0.2, -0.15) is 4.31 Å². The summed E-state index contributed by atoms with van der Waals surface area (Å²) in [6, 6.07) is 8.83. The van der Waals surface area contributed by atoms with Gasteiger partial charge in [0.05, 0.1) is 11.0 Å². The Hall–Kier alpha value is -2.91. The SMILES string of the molecule is COC(CN)CNC(=O)C1CCC(C(F)(F)c2cc(Cl)nc(N3CCN(S(=O)(=O)c4ccc(N5CCCC5=O)cc4)CC3)c2)CC1. The van der Waals surface area contributed by atoms with Gasteiger partial charge in [0.25, 0.3) is 5.92 Å². The van der Waals surface area contributed by atoms with Crippen LogP contribution in [0.1, 0.15) is 44.1 Å². The van der Waals surface area contributed by atoms with E-state index >= 15 is 8.78 Å². The standard InChI is InChI=1S/C31H41ClF2N6O5S/c1-45-25(19-35)20-36-30(42)21-4-6-22(7-5-21)31(33,34)23-17-27(32)37-28(18-23)38-13-15-39(16-14-38)46(43,44)26-10-8-24(9-11-26)40-12-2-3-29(40)41/h8-11,17-18,21-22,25H,2-7,12-16,19-20,35H2,1H3,(H,36,42). The summed E-state index contributed by atoms with van der Waals surface area (Å²) in [6.45, 7) is 1.91. The zero-order valence-electron chi connectivity index (χ0n) is 25.8. The Morgan fingerprint density at radius 2 is 1.78 bits per heavy atom. The number of halogens is 3. The minimum absolute atomic E-state index is 0.0229. The Balaban J connectivity index is 1.19. The molecule has 3 aliphatic rings. The molecule has 1 aliphatic carbocycles. The molecule has 2 saturated heterocycles. The Morgan fingerprint density at radius 3 is 2.37 bits per heavy atom. The number of benzene rings is 1. The third kappa shape index (κ3) is 7.46. The lowest BCUT2D eigenvalue weighted by Gasteiger charge is -2.36. The molecule has 3 N–H and O–H groups in total. The maximum absolute atomic E-state index is 15.9. The van der Waals surface area contributed by atoms with Crippen molar-refractivity contribution in [2.24, 2.45) is 17.6 Å². The van der Waals surface area contributed by atoms with Gasteiger partial charge in [0.1, 0.15) is 11.0 Å². The molecular formula is C31H41ClF2N6O5S. The fourth-order valence-corrected chi connectivity index (χ4v) is 8.07. The van der Waals surface area contributed by atoms with Crippen LogP contribution < -0.4 is 20.9 Å². The van der Waals surface area contributed by atoms with E-state index in [0.717, 1.165) is 6.42 Å². The van der Waals surface area contributed by atoms with E-state index in [1.807, 2.05) is 0 Å². The smallest absolute Gasteiger partial charge is 0.276 e. The zero-order valence-corrected chi connectivity index (χ0v) is 27.4. The molecule has 2 amide bonds. The fourth-order valence-electron chi connectivity index (χ4n) is 6.44. The number of nitrogens with two attached hydrogens (primary N) is 1. The molecule has 1 atom stereocenters. The number of amides is 2. The van der Waals surface area contributed by atoms with Crippen LogP contribution in [0.15, 0.2) is 41.3 Å². The average Bonchev–Trinajstić information content (AvgIpc) is 3.50. The summed E-state index contributed by atoms with van der Waals surface area (Å²) >= 11 is 6.24. The number of sulfonamides is 1. The molecule has 1 saturated carbocycles. The minimum atomic E-state index is -3.80. The van der Waals surface area contributed by atoms with Gasteiger partial charge in [0.15, 0.2) is 0 Å². The van der Waals surface area contributed by atoms with Gasteiger partial charge in [-0.25, -0.2) is 22.2 Å². The maximum atomic E-state index is 15.9. The molecular weight excluding hydrogens is 642 g/mol. The maximum Gasteiger partial charge on any atom is 0.276 e. The van der Waals surface area contributed by atoms with E-state index in [1.165, 1.54) is 35.7 Å². The summed E-state index contributed by atoms with van der Waals surface area (Å²) in [5.41, 5.74) is 6.02. The highest BCUT2D eigenvalue weighted by atomic mass is 35.5. The first-order valence-electron chi connectivity index (χ1n) is 15.7. The topological polar surface area (TPSA) is 138 Å². The van der Waals surface area contributed by atoms with Crippen LogP contribution in [0.2, 0.25) is 5.15 Å². The number of hydrogen-bond donors (Lipinski definition) is 2. The number of piperazine rings is 1. The molecule has 1 aromatic carbocycles. The molecule has 0 radical (unpaired) electrons. The van der Waals surface area contributed by atoms with E-state index in [-0.39, 0.29) is 97.4 Å². The second-order valence-electron chi connectivity index (χ2n) is 12.1. The van der Waals surface area contributed by atoms with Crippen molar-refractivity contribution in [1.82, 2.24) is 14.6 Å². The molecule has 252 valence electrons. The number of ether oxygens (including phenoxy) is 1. The Labute approximate surface area is 273 Å². The Morgan fingerprint density at radius 1 is 1.11 bits per heavy atom. The van der Waals surface area contributed by atoms with Crippen LogP contribution in [-0.2, 0) is 30.3 Å². The highest BCUT2D eigenvalue weighted by Gasteiger charge is 2.44. The van der Waals surface area contributed by atoms with Crippen LogP contribution >= 0.6 is 11.6 Å². The highest BCUT2D eigenvalue weighted by molar-refractivity contribution is 7.89. The number of alkyl halides is 2. The first-order valence-corrected chi connectivity index (χ1v) is 17.5. The van der Waals surface area contributed by atoms with E-state index < -0.39 is 21.9 Å². The van der Waals surface area contributed by atoms with Gasteiger partial charge >= 0.3 is 0 Å². The van der Waals surface area contributed by atoms with E-state index in [9.17, 15) is 18.0 Å². The first kappa shape index (κ1) is 34.4. The number of carbonyl (C=O) groups excluding carboxylic acids is 2. The number of nitrogens with one attached hydrogen (secondary N) is 1. The lowest BCUT2D eigenvalue weighted by molar-refractivity contribution is -0.129. The predicted molar refractivity (Wildman–Crippen MR) is 170 cm³/mol. The van der Waals surface area contributed by atoms with E-state index in [4.69, 9.17) is 22.1 Å². The summed E-state index contributed by atoms with van der Waals surface area (Å²) in [4.78, 5) is 32.4. The normalized spacial score (nSPS) is 22.2. The lowest BCUT2D eigenvalue weighted by atomic mass is 9.77. The third-order valence-electron chi connectivity index (χ3n) is 9.30. The van der Waals surface area contributed by atoms with Gasteiger partial charge in [-0.15, -0.1) is 0 Å². The summed E-state index contributed by atoms with van der Waals surface area (Å²) < 4.78 is 65.0. The third-order valence-corrected chi connectivity index (χ3v) is 11.4. The van der Waals surface area contributed by atoms with Crippen LogP contribution in [0.4, 0.5) is 20.3 Å². The number of rotatable bonds is 11. The van der Waals surface area contributed by atoms with Crippen molar-refractivity contribution < 1.29 is 31.5 Å². The number of nitrogens with zero attached hydrogens (tertiary/aromatic N) is 4. The number of carbonyl (C=O) groups is 2. The van der Waals surface area contributed by atoms with E-state index in [0.29, 0.717) is 31.5 Å². The van der Waals surface area contributed by atoms with Gasteiger partial charge in [0.2, 0.25) is 21.8 Å². The van der Waals surface area contributed by atoms with Gasteiger partial charge in [-0.05, 0) is 68.5 Å². The van der Waals surface area contributed by atoms with E-state index in [2.05, 4.69) is 10.3 Å². The van der Waals surface area contributed by atoms with Crippen molar-refractivity contribution in [3.63, 3.8) is 0 Å². The van der Waals surface area contributed by atoms with Crippen LogP contribution in [0.3, 0.4) is 0 Å². The number of pyridine rings is 1. The second kappa shape index (κ2) is 14.5. The number of hydrogen-bond acceptors (Lipinski definition) is 8. The van der Waals surface area contributed by atoms with E-state index in [1.54, 1.807) is 21.9 Å². The van der Waals surface area contributed by atoms with Gasteiger partial charge in [-0.1, -0.05) is 11.6 Å². The van der Waals surface area contributed by atoms with Crippen molar-refractivity contribution in [2.45, 2.75) is 55.4 Å². The highest BCUT2D eigenvalue weighted by Crippen LogP contribution is 2.46. The quantitative estimate of drug-likeness (QED) is 0.344. The predicted octanol–water partition coefficient (Wildman–Crippen LogP) is 3.36. The summed E-state index contributed by atoms with van der Waals surface area (Å²) in [7, 11) is -2.29. The molecule has 46 heavy (non-hydrogen) atoms. The molecule has 2 aliphatic heterocycles. The average molecular weight is 683 g/mol. The molecule has 15 heteroatoms. The van der Waals surface area contributed by atoms with Crippen LogP contribution in [-0.4, -0.2) is 88.5 Å². The van der Waals surface area contributed by atoms with Crippen LogP contribution in [0.5, 0.6) is 0 Å². The number of anilines is 2. The van der Waals surface area contributed by atoms with Crippen molar-refractivity contribution >= 4 is 44.9 Å². The van der Waals surface area contributed by atoms with Crippen molar-refractivity contribution in [2.75, 3.05) is 62.7 Å². The molecule has 5 rings (SSSR count). The van der Waals surface area contributed by atoms with Crippen molar-refractivity contribution in [3.05, 3.63) is 47.1 Å². The summed E-state index contributed by atoms with van der Waals surface area (Å²) in [5, 5.41) is 2.74. The summed E-state index contributed by atoms with van der Waals surface area (Å²) in [5.74, 6) is -4.40. The first-order chi connectivity index (χ1) is 21.9. The lowest BCUT2D eigenvalue weighted by Crippen LogP contribution is -2.49. The van der Waals surface area contributed by atoms with Gasteiger partial charge in [-0.3, -0.25) is 9.59 Å². The minimum Gasteiger partial charge on any atom is -0.378 e. The van der Waals surface area contributed by atoms with Gasteiger partial charge < -0.3 is 25.6 Å². The zero-order chi connectivity index (χ0) is 33.1. The molecule has 11 nitrogen and oxygen atoms in total. The molecule has 1 aromatic heterocycles. The largest absolute Gasteiger partial charge is 0.378 e. The fraction of sp³-hybridized carbons (Fsp3) is 0.581. The molecule has 3 heterocycles. The molecule has 0 bridgehead atoms. The monoisotopic (exact) mass is 682 g/mol. The van der Waals surface area contributed by atoms with Crippen LogP contribution in [0.25, 0.3) is 0 Å². The second-order valence-corrected chi connectivity index (χ2v) is 14.4. The molecule has 1 unspecified atom stereocenters. The molecule has 0 spiro atoms. The number of aromatic nitrogens is 1. The summed E-state index contributed by atoms with van der Waals surface area (Å²) in [6.07, 6.45) is 2.00. The molecule has 2 aromatic rings. The van der Waals surface area contributed by atoms with Crippen LogP contribution in [0, 0.1) is 11.8 Å². The Kier molecular flexibility index (Phi) is 10.8. The van der Waals surface area contributed by atoms with Gasteiger partial charge in [0, 0.05) is 82.4 Å². The Bertz CT molecular complexity index is 1500.